The van der Waals surface area contributed by atoms with Crippen molar-refractivity contribution in [3.63, 3.8) is 0 Å². The number of methoxy groups -OCH3 is 2. The summed E-state index contributed by atoms with van der Waals surface area (Å²) in [7, 11) is 3.32. The van der Waals surface area contributed by atoms with Crippen LogP contribution in [0.1, 0.15) is 32.3 Å². The molecule has 1 fully saturated rings. The Morgan fingerprint density at radius 3 is 2.57 bits per heavy atom. The Morgan fingerprint density at radius 2 is 2.00 bits per heavy atom. The highest BCUT2D eigenvalue weighted by atomic mass is 16.5. The second-order valence-corrected chi connectivity index (χ2v) is 5.87. The summed E-state index contributed by atoms with van der Waals surface area (Å²) in [6.45, 7) is 6.28. The number of rotatable bonds is 6. The Balaban J connectivity index is 2.29. The summed E-state index contributed by atoms with van der Waals surface area (Å²) < 4.78 is 16.9. The molecule has 1 aliphatic rings. The van der Waals surface area contributed by atoms with Crippen molar-refractivity contribution in [3.05, 3.63) is 17.7 Å². The zero-order valence-corrected chi connectivity index (χ0v) is 13.6. The number of ether oxygens (including phenoxy) is 3. The molecule has 1 atom stereocenters. The third kappa shape index (κ3) is 4.03. The molecule has 118 valence electrons. The van der Waals surface area contributed by atoms with Crippen LogP contribution < -0.4 is 19.5 Å². The molecular formula is C17H27NO3. The van der Waals surface area contributed by atoms with Gasteiger partial charge in [0.2, 0.25) is 5.75 Å². The van der Waals surface area contributed by atoms with E-state index in [1.807, 2.05) is 19.9 Å². The summed E-state index contributed by atoms with van der Waals surface area (Å²) >= 11 is 0. The molecule has 0 aliphatic carbocycles. The van der Waals surface area contributed by atoms with Gasteiger partial charge in [0.05, 0.1) is 20.3 Å². The summed E-state index contributed by atoms with van der Waals surface area (Å²) in [6.07, 6.45) is 3.63. The molecule has 1 heterocycles. The lowest BCUT2D eigenvalue weighted by molar-refractivity contribution is 0.222. The third-order valence-electron chi connectivity index (χ3n) is 3.84. The van der Waals surface area contributed by atoms with E-state index in [0.29, 0.717) is 11.7 Å². The van der Waals surface area contributed by atoms with Crippen molar-refractivity contribution in [1.29, 1.82) is 0 Å². The van der Waals surface area contributed by atoms with E-state index in [0.717, 1.165) is 31.0 Å². The second kappa shape index (κ2) is 7.55. The van der Waals surface area contributed by atoms with Crippen molar-refractivity contribution in [2.24, 2.45) is 5.92 Å². The molecule has 1 aromatic rings. The van der Waals surface area contributed by atoms with Crippen molar-refractivity contribution in [3.8, 4) is 17.2 Å². The van der Waals surface area contributed by atoms with E-state index in [1.165, 1.54) is 18.4 Å². The van der Waals surface area contributed by atoms with Gasteiger partial charge in [-0.25, -0.2) is 0 Å². The van der Waals surface area contributed by atoms with E-state index >= 15 is 0 Å². The zero-order chi connectivity index (χ0) is 15.2. The summed E-state index contributed by atoms with van der Waals surface area (Å²) in [4.78, 5) is 0. The normalized spacial score (nSPS) is 18.6. The highest BCUT2D eigenvalue weighted by molar-refractivity contribution is 5.56. The van der Waals surface area contributed by atoms with Crippen molar-refractivity contribution in [2.45, 2.75) is 39.2 Å². The minimum absolute atomic E-state index is 0.106. The molecular weight excluding hydrogens is 266 g/mol. The summed E-state index contributed by atoms with van der Waals surface area (Å²) in [6, 6.07) is 4.07. The first kappa shape index (κ1) is 16.0. The summed E-state index contributed by atoms with van der Waals surface area (Å²) in [5.41, 5.74) is 1.20. The van der Waals surface area contributed by atoms with E-state index in [2.05, 4.69) is 11.4 Å². The lowest BCUT2D eigenvalue weighted by atomic mass is 9.91. The van der Waals surface area contributed by atoms with Gasteiger partial charge in [0.25, 0.3) is 0 Å². The number of benzene rings is 1. The Bertz CT molecular complexity index is 454. The average Bonchev–Trinajstić information content (AvgIpc) is 2.49. The fraction of sp³-hybridized carbons (Fsp3) is 0.647. The highest BCUT2D eigenvalue weighted by Crippen LogP contribution is 2.41. The van der Waals surface area contributed by atoms with Crippen molar-refractivity contribution >= 4 is 0 Å². The standard InChI is InChI=1S/C17H27NO3/c1-12(2)21-16-14(10-13-6-5-9-18-11-13)7-8-15(19-3)17(16)20-4/h7-8,12-13,18H,5-6,9-11H2,1-4H3. The molecule has 2 rings (SSSR count). The Kier molecular flexibility index (Phi) is 5.74. The predicted molar refractivity (Wildman–Crippen MR) is 84.6 cm³/mol. The fourth-order valence-electron chi connectivity index (χ4n) is 2.87. The topological polar surface area (TPSA) is 39.7 Å². The molecule has 1 saturated heterocycles. The lowest BCUT2D eigenvalue weighted by Gasteiger charge is -2.25. The monoisotopic (exact) mass is 293 g/mol. The molecule has 1 aliphatic heterocycles. The maximum Gasteiger partial charge on any atom is 0.203 e. The molecule has 21 heavy (non-hydrogen) atoms. The predicted octanol–water partition coefficient (Wildman–Crippen LogP) is 3.03. The molecule has 1 aromatic carbocycles. The van der Waals surface area contributed by atoms with Gasteiger partial charge in [0.15, 0.2) is 11.5 Å². The van der Waals surface area contributed by atoms with Crippen molar-refractivity contribution in [2.75, 3.05) is 27.3 Å². The fourth-order valence-corrected chi connectivity index (χ4v) is 2.87. The van der Waals surface area contributed by atoms with Crippen molar-refractivity contribution in [1.82, 2.24) is 5.32 Å². The van der Waals surface area contributed by atoms with Gasteiger partial charge in [-0.05, 0) is 63.7 Å². The molecule has 1 N–H and O–H groups in total. The van der Waals surface area contributed by atoms with Crippen LogP contribution in [-0.2, 0) is 6.42 Å². The number of hydrogen-bond donors (Lipinski definition) is 1. The second-order valence-electron chi connectivity index (χ2n) is 5.87. The van der Waals surface area contributed by atoms with Gasteiger partial charge < -0.3 is 19.5 Å². The zero-order valence-electron chi connectivity index (χ0n) is 13.6. The Labute approximate surface area is 127 Å². The number of piperidine rings is 1. The van der Waals surface area contributed by atoms with Crippen molar-refractivity contribution < 1.29 is 14.2 Å². The smallest absolute Gasteiger partial charge is 0.203 e. The van der Waals surface area contributed by atoms with Crippen LogP contribution >= 0.6 is 0 Å². The van der Waals surface area contributed by atoms with Gasteiger partial charge in [-0.2, -0.15) is 0 Å². The SMILES string of the molecule is COc1ccc(CC2CCCNC2)c(OC(C)C)c1OC. The molecule has 0 amide bonds. The average molecular weight is 293 g/mol. The first-order chi connectivity index (χ1) is 10.2. The summed E-state index contributed by atoms with van der Waals surface area (Å²) in [5, 5.41) is 3.47. The van der Waals surface area contributed by atoms with Gasteiger partial charge in [-0.1, -0.05) is 6.07 Å². The minimum atomic E-state index is 0.106. The van der Waals surface area contributed by atoms with Crippen LogP contribution in [0.4, 0.5) is 0 Å². The minimum Gasteiger partial charge on any atom is -0.493 e. The van der Waals surface area contributed by atoms with Gasteiger partial charge >= 0.3 is 0 Å². The molecule has 0 aromatic heterocycles. The third-order valence-corrected chi connectivity index (χ3v) is 3.84. The molecule has 4 nitrogen and oxygen atoms in total. The molecule has 0 spiro atoms. The molecule has 0 radical (unpaired) electrons. The molecule has 0 bridgehead atoms. The van der Waals surface area contributed by atoms with Gasteiger partial charge in [0.1, 0.15) is 0 Å². The van der Waals surface area contributed by atoms with Crippen LogP contribution in [-0.4, -0.2) is 33.4 Å². The van der Waals surface area contributed by atoms with E-state index in [4.69, 9.17) is 14.2 Å². The van der Waals surface area contributed by atoms with Gasteiger partial charge in [-0.15, -0.1) is 0 Å². The highest BCUT2D eigenvalue weighted by Gasteiger charge is 2.21. The van der Waals surface area contributed by atoms with Crippen LogP contribution in [0.5, 0.6) is 17.2 Å². The maximum absolute atomic E-state index is 6.03. The van der Waals surface area contributed by atoms with Crippen LogP contribution in [0.3, 0.4) is 0 Å². The number of nitrogens with one attached hydrogen (secondary N) is 1. The van der Waals surface area contributed by atoms with E-state index < -0.39 is 0 Å². The van der Waals surface area contributed by atoms with Crippen LogP contribution in [0.2, 0.25) is 0 Å². The molecule has 1 unspecified atom stereocenters. The van der Waals surface area contributed by atoms with E-state index in [1.54, 1.807) is 14.2 Å². The Hall–Kier alpha value is -1.42. The van der Waals surface area contributed by atoms with E-state index in [-0.39, 0.29) is 6.10 Å². The largest absolute Gasteiger partial charge is 0.493 e. The molecule has 4 heteroatoms. The van der Waals surface area contributed by atoms with Gasteiger partial charge in [0, 0.05) is 0 Å². The van der Waals surface area contributed by atoms with E-state index in [9.17, 15) is 0 Å². The first-order valence-electron chi connectivity index (χ1n) is 7.77. The van der Waals surface area contributed by atoms with Crippen LogP contribution in [0, 0.1) is 5.92 Å². The Morgan fingerprint density at radius 1 is 1.19 bits per heavy atom. The van der Waals surface area contributed by atoms with Crippen LogP contribution in [0.25, 0.3) is 0 Å². The quantitative estimate of drug-likeness (QED) is 0.875. The lowest BCUT2D eigenvalue weighted by Crippen LogP contribution is -2.31. The van der Waals surface area contributed by atoms with Crippen LogP contribution in [0.15, 0.2) is 12.1 Å². The number of hydrogen-bond acceptors (Lipinski definition) is 4. The maximum atomic E-state index is 6.03. The van der Waals surface area contributed by atoms with Gasteiger partial charge in [-0.3, -0.25) is 0 Å². The summed E-state index contributed by atoms with van der Waals surface area (Å²) in [5.74, 6) is 2.91. The first-order valence-corrected chi connectivity index (χ1v) is 7.77. The molecule has 0 saturated carbocycles.